The number of ether oxygens (including phenoxy) is 1. The van der Waals surface area contributed by atoms with E-state index in [1.165, 1.54) is 6.20 Å². The molecule has 29 heavy (non-hydrogen) atoms. The maximum absolute atomic E-state index is 12.4. The molecule has 0 bridgehead atoms. The van der Waals surface area contributed by atoms with Crippen molar-refractivity contribution in [2.24, 2.45) is 7.05 Å². The van der Waals surface area contributed by atoms with E-state index in [0.717, 1.165) is 0 Å². The lowest BCUT2D eigenvalue weighted by Crippen LogP contribution is -2.13. The van der Waals surface area contributed by atoms with Crippen LogP contribution in [0.4, 0.5) is 5.69 Å². The molecule has 0 radical (unpaired) electrons. The van der Waals surface area contributed by atoms with Gasteiger partial charge in [0, 0.05) is 37.4 Å². The number of rotatable bonds is 6. The monoisotopic (exact) mass is 411 g/mol. The van der Waals surface area contributed by atoms with Gasteiger partial charge in [0.2, 0.25) is 5.88 Å². The number of anilines is 1. The molecule has 0 atom stereocenters. The van der Waals surface area contributed by atoms with E-state index < -0.39 is 10.0 Å². The van der Waals surface area contributed by atoms with Gasteiger partial charge in [0.1, 0.15) is 11.6 Å². The molecule has 0 spiro atoms. The van der Waals surface area contributed by atoms with Gasteiger partial charge in [-0.3, -0.25) is 4.72 Å². The maximum atomic E-state index is 12.4. The third-order valence-corrected chi connectivity index (χ3v) is 5.31. The van der Waals surface area contributed by atoms with Crippen LogP contribution < -0.4 is 9.46 Å². The van der Waals surface area contributed by atoms with Gasteiger partial charge in [-0.1, -0.05) is 0 Å². The third kappa shape index (κ3) is 4.09. The molecule has 11 heteroatoms. The van der Waals surface area contributed by atoms with Crippen LogP contribution in [0, 0.1) is 6.92 Å². The third-order valence-electron chi connectivity index (χ3n) is 4.06. The summed E-state index contributed by atoms with van der Waals surface area (Å²) in [6, 6.07) is 11.6. The second kappa shape index (κ2) is 7.36. The molecule has 0 aliphatic carbocycles. The van der Waals surface area contributed by atoms with Gasteiger partial charge in [-0.2, -0.15) is 13.5 Å². The summed E-state index contributed by atoms with van der Waals surface area (Å²) in [5, 5.41) is 12.1. The lowest BCUT2D eigenvalue weighted by molar-refractivity contribution is 0.454. The zero-order valence-corrected chi connectivity index (χ0v) is 16.4. The number of aromatic nitrogens is 6. The Morgan fingerprint density at radius 3 is 2.45 bits per heavy atom. The van der Waals surface area contributed by atoms with Gasteiger partial charge in [0.15, 0.2) is 10.8 Å². The molecule has 0 aliphatic heterocycles. The number of imidazole rings is 1. The van der Waals surface area contributed by atoms with E-state index in [4.69, 9.17) is 4.74 Å². The molecule has 1 aromatic carbocycles. The highest BCUT2D eigenvalue weighted by molar-refractivity contribution is 7.92. The molecule has 3 heterocycles. The van der Waals surface area contributed by atoms with Crippen LogP contribution >= 0.6 is 0 Å². The van der Waals surface area contributed by atoms with Gasteiger partial charge >= 0.3 is 0 Å². The fourth-order valence-corrected chi connectivity index (χ4v) is 3.57. The first-order valence-corrected chi connectivity index (χ1v) is 10.0. The van der Waals surface area contributed by atoms with Crippen molar-refractivity contribution >= 4 is 15.7 Å². The molecule has 3 aromatic heterocycles. The van der Waals surface area contributed by atoms with Crippen molar-refractivity contribution in [2.45, 2.75) is 11.9 Å². The van der Waals surface area contributed by atoms with E-state index in [2.05, 4.69) is 25.0 Å². The van der Waals surface area contributed by atoms with Crippen LogP contribution in [0.3, 0.4) is 0 Å². The van der Waals surface area contributed by atoms with Crippen LogP contribution in [-0.4, -0.2) is 37.9 Å². The van der Waals surface area contributed by atoms with Crippen molar-refractivity contribution in [3.8, 4) is 17.4 Å². The summed E-state index contributed by atoms with van der Waals surface area (Å²) in [4.78, 5) is 4.04. The fraction of sp³-hybridized carbons (Fsp3) is 0.111. The Hall–Kier alpha value is -3.73. The van der Waals surface area contributed by atoms with Crippen molar-refractivity contribution in [3.63, 3.8) is 0 Å². The molecule has 0 saturated carbocycles. The van der Waals surface area contributed by atoms with E-state index in [1.807, 2.05) is 0 Å². The lowest BCUT2D eigenvalue weighted by atomic mass is 10.3. The van der Waals surface area contributed by atoms with Gasteiger partial charge in [-0.05, 0) is 43.3 Å². The van der Waals surface area contributed by atoms with Crippen LogP contribution in [0.15, 0.2) is 66.1 Å². The molecule has 0 amide bonds. The van der Waals surface area contributed by atoms with E-state index in [9.17, 15) is 8.42 Å². The number of sulfonamides is 1. The molecule has 0 saturated heterocycles. The van der Waals surface area contributed by atoms with Crippen LogP contribution in [0.25, 0.3) is 5.82 Å². The largest absolute Gasteiger partial charge is 0.438 e. The van der Waals surface area contributed by atoms with Crippen molar-refractivity contribution in [1.82, 2.24) is 29.5 Å². The molecule has 4 rings (SSSR count). The average Bonchev–Trinajstić information content (AvgIpc) is 3.35. The molecule has 0 fully saturated rings. The van der Waals surface area contributed by atoms with Crippen LogP contribution in [0.5, 0.6) is 11.6 Å². The topological polar surface area (TPSA) is 117 Å². The second-order valence-corrected chi connectivity index (χ2v) is 7.78. The predicted molar refractivity (Wildman–Crippen MR) is 104 cm³/mol. The van der Waals surface area contributed by atoms with E-state index in [0.29, 0.717) is 29.0 Å². The number of nitrogens with one attached hydrogen (secondary N) is 1. The van der Waals surface area contributed by atoms with Crippen molar-refractivity contribution in [1.29, 1.82) is 0 Å². The quantitative estimate of drug-likeness (QED) is 0.517. The smallest absolute Gasteiger partial charge is 0.280 e. The molecule has 10 nitrogen and oxygen atoms in total. The molecule has 0 unspecified atom stereocenters. The Labute approximate surface area is 166 Å². The lowest BCUT2D eigenvalue weighted by Gasteiger charge is -2.08. The van der Waals surface area contributed by atoms with E-state index in [-0.39, 0.29) is 5.03 Å². The standard InChI is InChI=1S/C18H17N7O3S/c1-13-20-18(12-24(13)2)29(26,27)23-14-4-6-15(7-5-14)28-17-9-8-16(21-22-17)25-11-3-10-19-25/h3-12,23H,1-2H3. The fourth-order valence-electron chi connectivity index (χ4n) is 2.47. The zero-order chi connectivity index (χ0) is 20.4. The molecular formula is C18H17N7O3S. The first-order valence-electron chi connectivity index (χ1n) is 8.55. The highest BCUT2D eigenvalue weighted by atomic mass is 32.2. The Morgan fingerprint density at radius 2 is 1.86 bits per heavy atom. The molecule has 4 aromatic rings. The Morgan fingerprint density at radius 1 is 1.07 bits per heavy atom. The highest BCUT2D eigenvalue weighted by Gasteiger charge is 2.18. The van der Waals surface area contributed by atoms with Gasteiger partial charge in [-0.25, -0.2) is 9.67 Å². The van der Waals surface area contributed by atoms with Gasteiger partial charge in [0.05, 0.1) is 0 Å². The number of nitrogens with zero attached hydrogens (tertiary/aromatic N) is 6. The Balaban J connectivity index is 1.44. The van der Waals surface area contributed by atoms with E-state index >= 15 is 0 Å². The first-order chi connectivity index (χ1) is 13.9. The second-order valence-electron chi connectivity index (χ2n) is 6.15. The minimum absolute atomic E-state index is 0.0367. The Kier molecular flexibility index (Phi) is 4.72. The Bertz CT molecular complexity index is 1200. The molecule has 148 valence electrons. The minimum Gasteiger partial charge on any atom is -0.438 e. The van der Waals surface area contributed by atoms with Crippen molar-refractivity contribution in [3.05, 3.63) is 66.9 Å². The van der Waals surface area contributed by atoms with Crippen LogP contribution in [0.2, 0.25) is 0 Å². The summed E-state index contributed by atoms with van der Waals surface area (Å²) in [5.41, 5.74) is 0.390. The number of hydrogen-bond acceptors (Lipinski definition) is 7. The maximum Gasteiger partial charge on any atom is 0.280 e. The predicted octanol–water partition coefficient (Wildman–Crippen LogP) is 2.30. The van der Waals surface area contributed by atoms with Crippen molar-refractivity contribution < 1.29 is 13.2 Å². The summed E-state index contributed by atoms with van der Waals surface area (Å²) in [6.45, 7) is 1.73. The van der Waals surface area contributed by atoms with Crippen molar-refractivity contribution in [2.75, 3.05) is 4.72 Å². The number of aryl methyl sites for hydroxylation is 2. The molecule has 1 N–H and O–H groups in total. The first kappa shape index (κ1) is 18.6. The van der Waals surface area contributed by atoms with Gasteiger partial charge < -0.3 is 9.30 Å². The molecular weight excluding hydrogens is 394 g/mol. The van der Waals surface area contributed by atoms with E-state index in [1.54, 1.807) is 78.1 Å². The normalized spacial score (nSPS) is 11.4. The zero-order valence-electron chi connectivity index (χ0n) is 15.6. The minimum atomic E-state index is -3.77. The summed E-state index contributed by atoms with van der Waals surface area (Å²) in [6.07, 6.45) is 4.87. The summed E-state index contributed by atoms with van der Waals surface area (Å²) in [5.74, 6) is 1.96. The van der Waals surface area contributed by atoms with Crippen LogP contribution in [-0.2, 0) is 17.1 Å². The average molecular weight is 411 g/mol. The summed E-state index contributed by atoms with van der Waals surface area (Å²) < 4.78 is 36.2. The summed E-state index contributed by atoms with van der Waals surface area (Å²) in [7, 11) is -2.03. The van der Waals surface area contributed by atoms with Gasteiger partial charge in [0.25, 0.3) is 10.0 Å². The highest BCUT2D eigenvalue weighted by Crippen LogP contribution is 2.23. The number of hydrogen-bond donors (Lipinski definition) is 1. The summed E-state index contributed by atoms with van der Waals surface area (Å²) >= 11 is 0. The SMILES string of the molecule is Cc1nc(S(=O)(=O)Nc2ccc(Oc3ccc(-n4cccn4)nn3)cc2)cn1C. The van der Waals surface area contributed by atoms with Crippen LogP contribution in [0.1, 0.15) is 5.82 Å². The van der Waals surface area contributed by atoms with Gasteiger partial charge in [-0.15, -0.1) is 10.2 Å². The molecule has 0 aliphatic rings. The number of benzene rings is 1.